The summed E-state index contributed by atoms with van der Waals surface area (Å²) in [7, 11) is 0. The fourth-order valence-corrected chi connectivity index (χ4v) is 1.97. The molecule has 0 saturated heterocycles. The fraction of sp³-hybridized carbons (Fsp3) is 0.188. The van der Waals surface area contributed by atoms with Crippen molar-refractivity contribution in [2.45, 2.75) is 19.7 Å². The van der Waals surface area contributed by atoms with Gasteiger partial charge < -0.3 is 9.84 Å². The highest BCUT2D eigenvalue weighted by Crippen LogP contribution is 2.33. The Bertz CT molecular complexity index is 693. The molecule has 22 heavy (non-hydrogen) atoms. The van der Waals surface area contributed by atoms with Crippen LogP contribution in [-0.4, -0.2) is 11.1 Å². The Labute approximate surface area is 125 Å². The highest BCUT2D eigenvalue weighted by molar-refractivity contribution is 5.88. The summed E-state index contributed by atoms with van der Waals surface area (Å²) in [5, 5.41) is 8.81. The van der Waals surface area contributed by atoms with Gasteiger partial charge in [0.25, 0.3) is 0 Å². The molecule has 0 unspecified atom stereocenters. The third kappa shape index (κ3) is 3.78. The van der Waals surface area contributed by atoms with Gasteiger partial charge in [-0.3, -0.25) is 0 Å². The molecule has 3 nitrogen and oxygen atoms in total. The van der Waals surface area contributed by atoms with Crippen molar-refractivity contribution in [2.75, 3.05) is 0 Å². The third-order valence-electron chi connectivity index (χ3n) is 3.05. The normalized spacial score (nSPS) is 11.3. The van der Waals surface area contributed by atoms with E-state index < -0.39 is 23.3 Å². The van der Waals surface area contributed by atoms with E-state index in [4.69, 9.17) is 9.84 Å². The van der Waals surface area contributed by atoms with Gasteiger partial charge in [-0.1, -0.05) is 18.2 Å². The number of carboxylic acids is 1. The Hall–Kier alpha value is -2.50. The minimum absolute atomic E-state index is 0.112. The molecule has 0 aliphatic heterocycles. The van der Waals surface area contributed by atoms with Crippen LogP contribution in [0.15, 0.2) is 42.5 Å². The maximum absolute atomic E-state index is 13.0. The van der Waals surface area contributed by atoms with Gasteiger partial charge in [0, 0.05) is 5.56 Å². The van der Waals surface area contributed by atoms with E-state index in [0.717, 1.165) is 17.7 Å². The van der Waals surface area contributed by atoms with Crippen molar-refractivity contribution < 1.29 is 27.8 Å². The number of hydrogen-bond acceptors (Lipinski definition) is 2. The molecule has 0 aliphatic rings. The average molecular weight is 310 g/mol. The third-order valence-corrected chi connectivity index (χ3v) is 3.05. The summed E-state index contributed by atoms with van der Waals surface area (Å²) in [5.41, 5.74) is -0.597. The van der Waals surface area contributed by atoms with Gasteiger partial charge in [-0.25, -0.2) is 4.79 Å². The predicted octanol–water partition coefficient (Wildman–Crippen LogP) is 4.29. The highest BCUT2D eigenvalue weighted by atomic mass is 19.4. The fourth-order valence-electron chi connectivity index (χ4n) is 1.97. The van der Waals surface area contributed by atoms with E-state index in [2.05, 4.69) is 0 Å². The first-order valence-corrected chi connectivity index (χ1v) is 6.40. The van der Waals surface area contributed by atoms with Crippen LogP contribution >= 0.6 is 0 Å². The van der Waals surface area contributed by atoms with Crippen molar-refractivity contribution in [2.24, 2.45) is 0 Å². The van der Waals surface area contributed by atoms with Gasteiger partial charge in [0.05, 0.1) is 11.1 Å². The summed E-state index contributed by atoms with van der Waals surface area (Å²) < 4.78 is 44.5. The first-order valence-electron chi connectivity index (χ1n) is 6.40. The minimum atomic E-state index is -4.64. The van der Waals surface area contributed by atoms with Gasteiger partial charge in [-0.15, -0.1) is 0 Å². The summed E-state index contributed by atoms with van der Waals surface area (Å²) >= 11 is 0. The molecule has 0 aromatic heterocycles. The number of carbonyl (C=O) groups is 1. The van der Waals surface area contributed by atoms with Crippen LogP contribution in [-0.2, 0) is 12.8 Å². The summed E-state index contributed by atoms with van der Waals surface area (Å²) in [6.07, 6.45) is -4.64. The van der Waals surface area contributed by atoms with Gasteiger partial charge in [-0.05, 0) is 36.8 Å². The van der Waals surface area contributed by atoms with Gasteiger partial charge in [0.1, 0.15) is 12.4 Å². The van der Waals surface area contributed by atoms with Crippen molar-refractivity contribution in [3.05, 3.63) is 64.7 Å². The van der Waals surface area contributed by atoms with Gasteiger partial charge >= 0.3 is 12.1 Å². The molecule has 0 heterocycles. The molecule has 2 aromatic rings. The number of aromatic carboxylic acids is 1. The standard InChI is InChI=1S/C16H13F3O3/c1-10-3-2-4-13(7-10)22-9-12-6-5-11(15(20)21)8-14(12)16(17,18)19/h2-8H,9H2,1H3,(H,20,21). The molecule has 0 aliphatic carbocycles. The second kappa shape index (κ2) is 6.09. The lowest BCUT2D eigenvalue weighted by molar-refractivity contribution is -0.138. The number of benzene rings is 2. The molecule has 0 spiro atoms. The number of carboxylic acid groups (broad SMARTS) is 1. The zero-order chi connectivity index (χ0) is 16.3. The second-order valence-electron chi connectivity index (χ2n) is 4.78. The van der Waals surface area contributed by atoms with Crippen LogP contribution in [0.3, 0.4) is 0 Å². The highest BCUT2D eigenvalue weighted by Gasteiger charge is 2.34. The molecule has 2 rings (SSSR count). The quantitative estimate of drug-likeness (QED) is 0.916. The predicted molar refractivity (Wildman–Crippen MR) is 73.9 cm³/mol. The van der Waals surface area contributed by atoms with Crippen molar-refractivity contribution >= 4 is 5.97 Å². The molecule has 6 heteroatoms. The van der Waals surface area contributed by atoms with Crippen LogP contribution in [0, 0.1) is 6.92 Å². The van der Waals surface area contributed by atoms with E-state index in [-0.39, 0.29) is 12.2 Å². The molecule has 0 bridgehead atoms. The van der Waals surface area contributed by atoms with E-state index in [1.54, 1.807) is 18.2 Å². The summed E-state index contributed by atoms with van der Waals surface area (Å²) in [6.45, 7) is 1.55. The second-order valence-corrected chi connectivity index (χ2v) is 4.78. The lowest BCUT2D eigenvalue weighted by atomic mass is 10.0. The number of hydrogen-bond donors (Lipinski definition) is 1. The lowest BCUT2D eigenvalue weighted by Gasteiger charge is -2.14. The molecule has 0 amide bonds. The molecular weight excluding hydrogens is 297 g/mol. The Morgan fingerprint density at radius 1 is 1.18 bits per heavy atom. The maximum atomic E-state index is 13.0. The number of ether oxygens (including phenoxy) is 1. The molecule has 0 saturated carbocycles. The van der Waals surface area contributed by atoms with Crippen LogP contribution in [0.2, 0.25) is 0 Å². The largest absolute Gasteiger partial charge is 0.489 e. The van der Waals surface area contributed by atoms with Crippen LogP contribution in [0.1, 0.15) is 27.0 Å². The Kier molecular flexibility index (Phi) is 4.40. The molecular formula is C16H13F3O3. The average Bonchev–Trinajstić information content (AvgIpc) is 2.44. The lowest BCUT2D eigenvalue weighted by Crippen LogP contribution is -2.13. The Balaban J connectivity index is 2.28. The van der Waals surface area contributed by atoms with Crippen LogP contribution < -0.4 is 4.74 Å². The van der Waals surface area contributed by atoms with E-state index in [9.17, 15) is 18.0 Å². The van der Waals surface area contributed by atoms with Crippen LogP contribution in [0.25, 0.3) is 0 Å². The van der Waals surface area contributed by atoms with Gasteiger partial charge in [0.15, 0.2) is 0 Å². The van der Waals surface area contributed by atoms with Crippen LogP contribution in [0.4, 0.5) is 13.2 Å². The number of rotatable bonds is 4. The topological polar surface area (TPSA) is 46.5 Å². The van der Waals surface area contributed by atoms with Gasteiger partial charge in [-0.2, -0.15) is 13.2 Å². The molecule has 0 fully saturated rings. The Morgan fingerprint density at radius 3 is 2.50 bits per heavy atom. The van der Waals surface area contributed by atoms with Crippen molar-refractivity contribution in [1.29, 1.82) is 0 Å². The number of alkyl halides is 3. The van der Waals surface area contributed by atoms with E-state index in [1.807, 2.05) is 13.0 Å². The summed E-state index contributed by atoms with van der Waals surface area (Å²) in [6, 6.07) is 9.81. The SMILES string of the molecule is Cc1cccc(OCc2ccc(C(=O)O)cc2C(F)(F)F)c1. The smallest absolute Gasteiger partial charge is 0.416 e. The monoisotopic (exact) mass is 310 g/mol. The molecule has 1 N–H and O–H groups in total. The number of halogens is 3. The van der Waals surface area contributed by atoms with Crippen molar-refractivity contribution in [1.82, 2.24) is 0 Å². The van der Waals surface area contributed by atoms with E-state index in [0.29, 0.717) is 11.8 Å². The summed E-state index contributed by atoms with van der Waals surface area (Å²) in [5.74, 6) is -0.952. The van der Waals surface area contributed by atoms with Crippen molar-refractivity contribution in [3.8, 4) is 5.75 Å². The maximum Gasteiger partial charge on any atom is 0.416 e. The van der Waals surface area contributed by atoms with Crippen LogP contribution in [0.5, 0.6) is 5.75 Å². The zero-order valence-electron chi connectivity index (χ0n) is 11.6. The molecule has 0 atom stereocenters. The van der Waals surface area contributed by atoms with Crippen molar-refractivity contribution in [3.63, 3.8) is 0 Å². The first-order chi connectivity index (χ1) is 10.3. The molecule has 0 radical (unpaired) electrons. The number of aryl methyl sites for hydroxylation is 1. The van der Waals surface area contributed by atoms with E-state index in [1.165, 1.54) is 0 Å². The molecule has 116 valence electrons. The summed E-state index contributed by atoms with van der Waals surface area (Å²) in [4.78, 5) is 10.8. The Morgan fingerprint density at radius 2 is 1.91 bits per heavy atom. The first kappa shape index (κ1) is 15.9. The molecule has 2 aromatic carbocycles. The van der Waals surface area contributed by atoms with E-state index >= 15 is 0 Å². The zero-order valence-corrected chi connectivity index (χ0v) is 11.6. The van der Waals surface area contributed by atoms with Gasteiger partial charge in [0.2, 0.25) is 0 Å². The minimum Gasteiger partial charge on any atom is -0.489 e.